The Kier molecular flexibility index (Phi) is 5.25. The molecule has 2 atom stereocenters. The summed E-state index contributed by atoms with van der Waals surface area (Å²) in [5.74, 6) is -1.05. The maximum atomic E-state index is 12.8. The number of hydrogen-bond donors (Lipinski definition) is 0. The molecule has 116 valence electrons. The van der Waals surface area contributed by atoms with E-state index in [2.05, 4.69) is 0 Å². The number of allylic oxidation sites excluding steroid dienone is 1. The van der Waals surface area contributed by atoms with Crippen LogP contribution in [0.25, 0.3) is 0 Å². The number of halogens is 3. The van der Waals surface area contributed by atoms with E-state index in [0.29, 0.717) is 0 Å². The van der Waals surface area contributed by atoms with Gasteiger partial charge in [0, 0.05) is 13.0 Å². The number of rotatable bonds is 5. The molecule has 0 spiro atoms. The van der Waals surface area contributed by atoms with Crippen LogP contribution in [0.3, 0.4) is 0 Å². The Morgan fingerprint density at radius 2 is 1.90 bits per heavy atom. The fourth-order valence-electron chi connectivity index (χ4n) is 2.00. The van der Waals surface area contributed by atoms with Crippen LogP contribution in [0.2, 0.25) is 0 Å². The molecule has 21 heavy (non-hydrogen) atoms. The van der Waals surface area contributed by atoms with Crippen LogP contribution in [0, 0.1) is 0 Å². The molecule has 0 radical (unpaired) electrons. The Morgan fingerprint density at radius 3 is 2.52 bits per heavy atom. The van der Waals surface area contributed by atoms with Gasteiger partial charge in [-0.15, -0.1) is 0 Å². The van der Waals surface area contributed by atoms with Gasteiger partial charge >= 0.3 is 6.18 Å². The van der Waals surface area contributed by atoms with Gasteiger partial charge < -0.3 is 14.2 Å². The lowest BCUT2D eigenvalue weighted by atomic mass is 10.1. The summed E-state index contributed by atoms with van der Waals surface area (Å²) >= 11 is 0. The van der Waals surface area contributed by atoms with Crippen LogP contribution in [-0.4, -0.2) is 25.2 Å². The minimum atomic E-state index is -4.54. The molecule has 1 aromatic carbocycles. The molecule has 6 heteroatoms. The van der Waals surface area contributed by atoms with Crippen LogP contribution in [0.4, 0.5) is 13.2 Å². The Hall–Kier alpha value is -1.53. The van der Waals surface area contributed by atoms with Gasteiger partial charge in [0.2, 0.25) is 12.0 Å². The third-order valence-corrected chi connectivity index (χ3v) is 2.96. The first-order valence-corrected chi connectivity index (χ1v) is 6.72. The van der Waals surface area contributed by atoms with Gasteiger partial charge in [0.15, 0.2) is 0 Å². The van der Waals surface area contributed by atoms with Crippen molar-refractivity contribution in [1.82, 2.24) is 0 Å². The topological polar surface area (TPSA) is 27.7 Å². The summed E-state index contributed by atoms with van der Waals surface area (Å²) in [6, 6.07) is 9.28. The fourth-order valence-corrected chi connectivity index (χ4v) is 2.00. The lowest BCUT2D eigenvalue weighted by Gasteiger charge is -2.30. The van der Waals surface area contributed by atoms with Gasteiger partial charge in [0.1, 0.15) is 0 Å². The van der Waals surface area contributed by atoms with Gasteiger partial charge in [-0.25, -0.2) is 0 Å². The van der Waals surface area contributed by atoms with Crippen molar-refractivity contribution >= 4 is 0 Å². The third kappa shape index (κ3) is 4.75. The summed E-state index contributed by atoms with van der Waals surface area (Å²) in [4.78, 5) is 0. The molecule has 0 unspecified atom stereocenters. The van der Waals surface area contributed by atoms with Crippen LogP contribution < -0.4 is 0 Å². The second kappa shape index (κ2) is 6.95. The van der Waals surface area contributed by atoms with E-state index in [0.717, 1.165) is 11.6 Å². The molecule has 0 saturated carbocycles. The summed E-state index contributed by atoms with van der Waals surface area (Å²) in [5, 5.41) is 0. The zero-order valence-electron chi connectivity index (χ0n) is 11.6. The second-order valence-electron chi connectivity index (χ2n) is 4.60. The van der Waals surface area contributed by atoms with Crippen LogP contribution in [0.1, 0.15) is 18.9 Å². The lowest BCUT2D eigenvalue weighted by molar-refractivity contribution is -0.204. The molecule has 2 rings (SSSR count). The largest absolute Gasteiger partial charge is 0.460 e. The van der Waals surface area contributed by atoms with Crippen LogP contribution in [0.5, 0.6) is 0 Å². The van der Waals surface area contributed by atoms with Crippen molar-refractivity contribution in [2.24, 2.45) is 0 Å². The molecule has 0 aliphatic carbocycles. The molecule has 3 nitrogen and oxygen atoms in total. The molecule has 0 saturated heterocycles. The maximum absolute atomic E-state index is 12.8. The summed E-state index contributed by atoms with van der Waals surface area (Å²) in [6.07, 6.45) is -4.95. The van der Waals surface area contributed by atoms with Gasteiger partial charge in [-0.1, -0.05) is 30.3 Å². The molecule has 0 N–H and O–H groups in total. The zero-order valence-corrected chi connectivity index (χ0v) is 11.6. The van der Waals surface area contributed by atoms with E-state index in [4.69, 9.17) is 14.2 Å². The van der Waals surface area contributed by atoms with Gasteiger partial charge in [-0.2, -0.15) is 13.2 Å². The van der Waals surface area contributed by atoms with Crippen molar-refractivity contribution in [1.29, 1.82) is 0 Å². The highest BCUT2D eigenvalue weighted by Gasteiger charge is 2.41. The van der Waals surface area contributed by atoms with E-state index < -0.39 is 24.3 Å². The van der Waals surface area contributed by atoms with Gasteiger partial charge in [-0.3, -0.25) is 0 Å². The lowest BCUT2D eigenvalue weighted by Crippen LogP contribution is -2.33. The van der Waals surface area contributed by atoms with Crippen LogP contribution in [0.15, 0.2) is 42.2 Å². The number of hydrogen-bond acceptors (Lipinski definition) is 3. The van der Waals surface area contributed by atoms with Crippen molar-refractivity contribution in [3.63, 3.8) is 0 Å². The smallest absolute Gasteiger partial charge is 0.448 e. The Morgan fingerprint density at radius 1 is 1.19 bits per heavy atom. The third-order valence-electron chi connectivity index (χ3n) is 2.96. The molecule has 0 bridgehead atoms. The van der Waals surface area contributed by atoms with Crippen LogP contribution in [-0.2, 0) is 20.8 Å². The molecular formula is C15H17F3O3. The Bertz CT molecular complexity index is 471. The van der Waals surface area contributed by atoms with Gasteiger partial charge in [0.25, 0.3) is 0 Å². The summed E-state index contributed by atoms with van der Waals surface area (Å²) < 4.78 is 53.9. The molecule has 1 aromatic rings. The minimum Gasteiger partial charge on any atom is -0.460 e. The van der Waals surface area contributed by atoms with Crippen molar-refractivity contribution in [2.45, 2.75) is 38.5 Å². The van der Waals surface area contributed by atoms with E-state index in [1.807, 2.05) is 30.3 Å². The predicted molar refractivity (Wildman–Crippen MR) is 70.3 cm³/mol. The summed E-state index contributed by atoms with van der Waals surface area (Å²) in [7, 11) is 0. The van der Waals surface area contributed by atoms with E-state index in [1.165, 1.54) is 0 Å². The first-order chi connectivity index (χ1) is 9.99. The first-order valence-electron chi connectivity index (χ1n) is 6.72. The summed E-state index contributed by atoms with van der Waals surface area (Å²) in [5.41, 5.74) is 0.902. The number of benzene rings is 1. The van der Waals surface area contributed by atoms with Crippen LogP contribution >= 0.6 is 0 Å². The van der Waals surface area contributed by atoms with Crippen molar-refractivity contribution in [2.75, 3.05) is 6.61 Å². The second-order valence-corrected chi connectivity index (χ2v) is 4.60. The predicted octanol–water partition coefficient (Wildman–Crippen LogP) is 3.80. The first kappa shape index (κ1) is 15.9. The monoisotopic (exact) mass is 302 g/mol. The SMILES string of the molecule is CCO[C@H]1C[C@@H](OCc2ccccc2)C=C(C(F)(F)F)O1. The van der Waals surface area contributed by atoms with Crippen molar-refractivity contribution in [3.05, 3.63) is 47.7 Å². The van der Waals surface area contributed by atoms with Gasteiger partial charge in [-0.05, 0) is 18.6 Å². The highest BCUT2D eigenvalue weighted by atomic mass is 19.4. The standard InChI is InChI=1S/C15H17F3O3/c1-2-19-14-9-12(8-13(21-14)15(16,17)18)20-10-11-6-4-3-5-7-11/h3-8,12,14H,2,9-10H2,1H3/t12-,14+/m0/s1. The van der Waals surface area contributed by atoms with E-state index in [1.54, 1.807) is 6.92 Å². The quantitative estimate of drug-likeness (QED) is 0.828. The van der Waals surface area contributed by atoms with Crippen molar-refractivity contribution in [3.8, 4) is 0 Å². The molecule has 1 aliphatic rings. The number of alkyl halides is 3. The zero-order chi connectivity index (χ0) is 15.3. The van der Waals surface area contributed by atoms with Gasteiger partial charge in [0.05, 0.1) is 12.7 Å². The molecule has 0 fully saturated rings. The summed E-state index contributed by atoms with van der Waals surface area (Å²) in [6.45, 7) is 2.22. The molecule has 0 amide bonds. The molecule has 1 aliphatic heterocycles. The van der Waals surface area contributed by atoms with E-state index in [9.17, 15) is 13.2 Å². The molecule has 0 aromatic heterocycles. The molecule has 1 heterocycles. The average Bonchev–Trinajstić information content (AvgIpc) is 2.45. The normalized spacial score (nSPS) is 22.6. The van der Waals surface area contributed by atoms with E-state index in [-0.39, 0.29) is 19.6 Å². The minimum absolute atomic E-state index is 0.236. The number of ether oxygens (including phenoxy) is 3. The Labute approximate surface area is 121 Å². The molecular weight excluding hydrogens is 285 g/mol. The fraction of sp³-hybridized carbons (Fsp3) is 0.467. The Balaban J connectivity index is 2.02. The average molecular weight is 302 g/mol. The maximum Gasteiger partial charge on any atom is 0.448 e. The highest BCUT2D eigenvalue weighted by Crippen LogP contribution is 2.33. The highest BCUT2D eigenvalue weighted by molar-refractivity contribution is 5.14. The van der Waals surface area contributed by atoms with E-state index >= 15 is 0 Å². The van der Waals surface area contributed by atoms with Crippen molar-refractivity contribution < 1.29 is 27.4 Å².